The first-order valence-electron chi connectivity index (χ1n) is 4.88. The van der Waals surface area contributed by atoms with E-state index in [1.165, 1.54) is 16.9 Å². The fourth-order valence-corrected chi connectivity index (χ4v) is 2.03. The maximum atomic E-state index is 8.88. The van der Waals surface area contributed by atoms with Crippen LogP contribution < -0.4 is 5.32 Å². The topological polar surface area (TPSA) is 48.7 Å². The quantitative estimate of drug-likeness (QED) is 0.858. The molecule has 0 unspecified atom stereocenters. The van der Waals surface area contributed by atoms with Gasteiger partial charge < -0.3 is 5.32 Å². The van der Waals surface area contributed by atoms with Crippen LogP contribution in [0, 0.1) is 25.2 Å². The number of aromatic nitrogens is 1. The van der Waals surface area contributed by atoms with Gasteiger partial charge in [0.2, 0.25) is 0 Å². The van der Waals surface area contributed by atoms with Crippen LogP contribution in [0.25, 0.3) is 0 Å². The van der Waals surface area contributed by atoms with E-state index >= 15 is 0 Å². The molecule has 0 aliphatic carbocycles. The average molecular weight is 229 g/mol. The fraction of sp³-hybridized carbons (Fsp3) is 0.167. The minimum Gasteiger partial charge on any atom is -0.338 e. The van der Waals surface area contributed by atoms with Gasteiger partial charge in [0.15, 0.2) is 5.82 Å². The van der Waals surface area contributed by atoms with Crippen molar-refractivity contribution in [3.05, 3.63) is 39.7 Å². The molecule has 1 heterocycles. The first-order valence-corrected chi connectivity index (χ1v) is 5.76. The van der Waals surface area contributed by atoms with Crippen LogP contribution in [0.5, 0.6) is 0 Å². The molecule has 1 N–H and O–H groups in total. The van der Waals surface area contributed by atoms with Crippen molar-refractivity contribution in [2.75, 3.05) is 5.32 Å². The lowest BCUT2D eigenvalue weighted by atomic mass is 10.1. The minimum atomic E-state index is 0.611. The second-order valence-electron chi connectivity index (χ2n) is 3.59. The number of nitrogens with zero attached hydrogens (tertiary/aromatic N) is 2. The Morgan fingerprint density at radius 2 is 2.19 bits per heavy atom. The van der Waals surface area contributed by atoms with E-state index in [-0.39, 0.29) is 0 Å². The Bertz CT molecular complexity index is 552. The van der Waals surface area contributed by atoms with E-state index in [1.807, 2.05) is 19.1 Å². The standard InChI is InChI=1S/C12H11N3S/c1-8-3-4-10(9(2)5-8)15-12-11(6-13)16-7-14-12/h3-5,7,15H,1-2H3. The molecule has 0 aliphatic rings. The van der Waals surface area contributed by atoms with Crippen LogP contribution in [0.1, 0.15) is 16.0 Å². The molecule has 0 saturated carbocycles. The van der Waals surface area contributed by atoms with Crippen molar-refractivity contribution in [1.29, 1.82) is 5.26 Å². The van der Waals surface area contributed by atoms with Gasteiger partial charge in [-0.2, -0.15) is 5.26 Å². The molecule has 0 aliphatic heterocycles. The van der Waals surface area contributed by atoms with Crippen molar-refractivity contribution in [1.82, 2.24) is 4.98 Å². The van der Waals surface area contributed by atoms with Crippen molar-refractivity contribution >= 4 is 22.8 Å². The van der Waals surface area contributed by atoms with Crippen LogP contribution in [0.3, 0.4) is 0 Å². The highest BCUT2D eigenvalue weighted by molar-refractivity contribution is 7.10. The van der Waals surface area contributed by atoms with Gasteiger partial charge in [0, 0.05) is 5.69 Å². The Morgan fingerprint density at radius 1 is 1.38 bits per heavy atom. The summed E-state index contributed by atoms with van der Waals surface area (Å²) in [5.41, 5.74) is 5.04. The van der Waals surface area contributed by atoms with Gasteiger partial charge in [-0.05, 0) is 25.5 Å². The van der Waals surface area contributed by atoms with Gasteiger partial charge in [-0.3, -0.25) is 0 Å². The summed E-state index contributed by atoms with van der Waals surface area (Å²) in [6.45, 7) is 4.09. The molecule has 16 heavy (non-hydrogen) atoms. The minimum absolute atomic E-state index is 0.611. The molecule has 0 amide bonds. The Labute approximate surface area is 98.4 Å². The number of aryl methyl sites for hydroxylation is 2. The molecule has 1 aromatic heterocycles. The molecule has 4 heteroatoms. The highest BCUT2D eigenvalue weighted by Crippen LogP contribution is 2.24. The summed E-state index contributed by atoms with van der Waals surface area (Å²) in [5.74, 6) is 0.638. The van der Waals surface area contributed by atoms with Gasteiger partial charge in [-0.1, -0.05) is 17.7 Å². The number of benzene rings is 1. The van der Waals surface area contributed by atoms with Crippen molar-refractivity contribution in [3.63, 3.8) is 0 Å². The van der Waals surface area contributed by atoms with Crippen LogP contribution >= 0.6 is 11.3 Å². The third kappa shape index (κ3) is 2.05. The fourth-order valence-electron chi connectivity index (χ4n) is 1.50. The Morgan fingerprint density at radius 3 is 2.88 bits per heavy atom. The summed E-state index contributed by atoms with van der Waals surface area (Å²) < 4.78 is 0. The zero-order chi connectivity index (χ0) is 11.5. The molecule has 0 spiro atoms. The highest BCUT2D eigenvalue weighted by Gasteiger charge is 2.06. The third-order valence-corrected chi connectivity index (χ3v) is 3.04. The normalized spacial score (nSPS) is 9.81. The lowest BCUT2D eigenvalue weighted by Gasteiger charge is -2.07. The summed E-state index contributed by atoms with van der Waals surface area (Å²) in [4.78, 5) is 4.74. The second-order valence-corrected chi connectivity index (χ2v) is 4.44. The molecule has 0 atom stereocenters. The van der Waals surface area contributed by atoms with Crippen LogP contribution in [-0.2, 0) is 0 Å². The van der Waals surface area contributed by atoms with Crippen LogP contribution in [-0.4, -0.2) is 4.98 Å². The molecular formula is C12H11N3S. The van der Waals surface area contributed by atoms with Crippen molar-refractivity contribution in [3.8, 4) is 6.07 Å². The van der Waals surface area contributed by atoms with Gasteiger partial charge in [-0.15, -0.1) is 11.3 Å². The molecule has 2 rings (SSSR count). The maximum absolute atomic E-state index is 8.88. The summed E-state index contributed by atoms with van der Waals surface area (Å²) in [6, 6.07) is 8.26. The van der Waals surface area contributed by atoms with E-state index in [1.54, 1.807) is 5.51 Å². The monoisotopic (exact) mass is 229 g/mol. The number of hydrogen-bond donors (Lipinski definition) is 1. The highest BCUT2D eigenvalue weighted by atomic mass is 32.1. The van der Waals surface area contributed by atoms with Gasteiger partial charge in [0.05, 0.1) is 5.51 Å². The van der Waals surface area contributed by atoms with Gasteiger partial charge in [0.1, 0.15) is 10.9 Å². The molecule has 0 saturated heterocycles. The number of nitrogens with one attached hydrogen (secondary N) is 1. The second kappa shape index (κ2) is 4.33. The number of rotatable bonds is 2. The first kappa shape index (κ1) is 10.7. The van der Waals surface area contributed by atoms with Crippen LogP contribution in [0.15, 0.2) is 23.7 Å². The van der Waals surface area contributed by atoms with Crippen molar-refractivity contribution in [2.24, 2.45) is 0 Å². The van der Waals surface area contributed by atoms with Crippen LogP contribution in [0.2, 0.25) is 0 Å². The summed E-state index contributed by atoms with van der Waals surface area (Å²) in [6.07, 6.45) is 0. The zero-order valence-electron chi connectivity index (χ0n) is 9.11. The van der Waals surface area contributed by atoms with E-state index in [0.717, 1.165) is 11.3 Å². The average Bonchev–Trinajstić information content (AvgIpc) is 2.69. The van der Waals surface area contributed by atoms with Gasteiger partial charge in [0.25, 0.3) is 0 Å². The van der Waals surface area contributed by atoms with E-state index < -0.39 is 0 Å². The largest absolute Gasteiger partial charge is 0.338 e. The lowest BCUT2D eigenvalue weighted by Crippen LogP contribution is -1.95. The SMILES string of the molecule is Cc1ccc(Nc2ncsc2C#N)c(C)c1. The molecule has 0 bridgehead atoms. The maximum Gasteiger partial charge on any atom is 0.159 e. The number of nitriles is 1. The molecule has 0 fully saturated rings. The Hall–Kier alpha value is -1.86. The Kier molecular flexibility index (Phi) is 2.88. The van der Waals surface area contributed by atoms with E-state index in [9.17, 15) is 0 Å². The number of thiazole rings is 1. The van der Waals surface area contributed by atoms with E-state index in [4.69, 9.17) is 5.26 Å². The molecular weight excluding hydrogens is 218 g/mol. The number of anilines is 2. The molecule has 1 aromatic carbocycles. The molecule has 80 valence electrons. The van der Waals surface area contributed by atoms with E-state index in [0.29, 0.717) is 10.7 Å². The smallest absolute Gasteiger partial charge is 0.159 e. The van der Waals surface area contributed by atoms with Crippen molar-refractivity contribution < 1.29 is 0 Å². The van der Waals surface area contributed by atoms with Gasteiger partial charge >= 0.3 is 0 Å². The molecule has 3 nitrogen and oxygen atoms in total. The van der Waals surface area contributed by atoms with Crippen LogP contribution in [0.4, 0.5) is 11.5 Å². The summed E-state index contributed by atoms with van der Waals surface area (Å²) in [7, 11) is 0. The number of hydrogen-bond acceptors (Lipinski definition) is 4. The van der Waals surface area contributed by atoms with E-state index in [2.05, 4.69) is 29.4 Å². The summed E-state index contributed by atoms with van der Waals surface area (Å²) in [5, 5.41) is 12.1. The summed E-state index contributed by atoms with van der Waals surface area (Å²) >= 11 is 1.34. The predicted octanol–water partition coefficient (Wildman–Crippen LogP) is 3.38. The van der Waals surface area contributed by atoms with Gasteiger partial charge in [-0.25, -0.2) is 4.98 Å². The first-order chi connectivity index (χ1) is 7.70. The predicted molar refractivity (Wildman–Crippen MR) is 66.0 cm³/mol. The molecule has 0 radical (unpaired) electrons. The lowest BCUT2D eigenvalue weighted by molar-refractivity contribution is 1.32. The Balaban J connectivity index is 2.31. The van der Waals surface area contributed by atoms with Crippen molar-refractivity contribution in [2.45, 2.75) is 13.8 Å². The molecule has 2 aromatic rings. The zero-order valence-corrected chi connectivity index (χ0v) is 9.93. The third-order valence-electron chi connectivity index (χ3n) is 2.30.